The Morgan fingerprint density at radius 1 is 1.09 bits per heavy atom. The zero-order valence-electron chi connectivity index (χ0n) is 12.3. The van der Waals surface area contributed by atoms with E-state index in [9.17, 15) is 18.0 Å². The molecule has 0 aliphatic heterocycles. The first kappa shape index (κ1) is 16.6. The van der Waals surface area contributed by atoms with Crippen LogP contribution in [0.15, 0.2) is 54.6 Å². The average molecular weight is 320 g/mol. The fraction of sp³-hybridized carbons (Fsp3) is 0.118. The molecule has 2 rings (SSSR count). The second-order valence-electron chi connectivity index (χ2n) is 4.93. The van der Waals surface area contributed by atoms with Crippen molar-refractivity contribution in [3.8, 4) is 0 Å². The lowest BCUT2D eigenvalue weighted by atomic mass is 10.1. The Balaban J connectivity index is 2.45. The maximum atomic E-state index is 12.6. The van der Waals surface area contributed by atoms with E-state index in [0.29, 0.717) is 28.6 Å². The highest BCUT2D eigenvalue weighted by atomic mass is 19.4. The van der Waals surface area contributed by atoms with Crippen LogP contribution in [0.1, 0.15) is 11.1 Å². The highest BCUT2D eigenvalue weighted by Gasteiger charge is 2.36. The van der Waals surface area contributed by atoms with Crippen molar-refractivity contribution in [1.29, 1.82) is 0 Å². The summed E-state index contributed by atoms with van der Waals surface area (Å²) in [5.74, 6) is -1.93. The number of carbonyl (C=O) groups excluding carboxylic acids is 1. The molecule has 0 aliphatic carbocycles. The van der Waals surface area contributed by atoms with Crippen LogP contribution in [0.4, 0.5) is 24.5 Å². The zero-order valence-corrected chi connectivity index (χ0v) is 12.3. The van der Waals surface area contributed by atoms with E-state index in [4.69, 9.17) is 5.73 Å². The van der Waals surface area contributed by atoms with Gasteiger partial charge in [0, 0.05) is 23.1 Å². The van der Waals surface area contributed by atoms with E-state index in [1.54, 1.807) is 55.5 Å². The normalized spacial score (nSPS) is 12.1. The average Bonchev–Trinajstić information content (AvgIpc) is 2.51. The first-order valence-electron chi connectivity index (χ1n) is 6.79. The molecule has 0 radical (unpaired) electrons. The van der Waals surface area contributed by atoms with Gasteiger partial charge in [0.2, 0.25) is 0 Å². The number of hydrogen-bond acceptors (Lipinski definition) is 3. The Kier molecular flexibility index (Phi) is 4.74. The van der Waals surface area contributed by atoms with Crippen molar-refractivity contribution < 1.29 is 18.0 Å². The summed E-state index contributed by atoms with van der Waals surface area (Å²) >= 11 is 0. The molecular weight excluding hydrogens is 305 g/mol. The van der Waals surface area contributed by atoms with E-state index < -0.39 is 12.0 Å². The maximum absolute atomic E-state index is 12.6. The predicted octanol–water partition coefficient (Wildman–Crippen LogP) is 4.16. The topological polar surface area (TPSA) is 55.1 Å². The minimum absolute atomic E-state index is 0.0571. The molecule has 2 aromatic rings. The Morgan fingerprint density at radius 2 is 1.74 bits per heavy atom. The summed E-state index contributed by atoms with van der Waals surface area (Å²) in [5.41, 5.74) is 8.05. The monoisotopic (exact) mass is 320 g/mol. The van der Waals surface area contributed by atoms with Crippen LogP contribution in [0.2, 0.25) is 0 Å². The number of benzene rings is 2. The highest BCUT2D eigenvalue weighted by Crippen LogP contribution is 2.26. The van der Waals surface area contributed by atoms with Crippen molar-refractivity contribution >= 4 is 22.9 Å². The van der Waals surface area contributed by atoms with Crippen molar-refractivity contribution in [1.82, 2.24) is 0 Å². The number of allylic oxidation sites excluding steroid dienone is 1. The third-order valence-corrected chi connectivity index (χ3v) is 3.28. The number of nitrogen functional groups attached to an aromatic ring is 1. The molecule has 120 valence electrons. The van der Waals surface area contributed by atoms with Gasteiger partial charge in [-0.05, 0) is 30.2 Å². The van der Waals surface area contributed by atoms with Gasteiger partial charge in [0.1, 0.15) is 0 Å². The smallest absolute Gasteiger partial charge is 0.398 e. The summed E-state index contributed by atoms with van der Waals surface area (Å²) in [6.07, 6.45) is -4.37. The fourth-order valence-electron chi connectivity index (χ4n) is 1.96. The third kappa shape index (κ3) is 4.12. The fourth-order valence-corrected chi connectivity index (χ4v) is 1.96. The van der Waals surface area contributed by atoms with Crippen LogP contribution in [-0.4, -0.2) is 12.0 Å². The van der Waals surface area contributed by atoms with E-state index in [-0.39, 0.29) is 5.70 Å². The van der Waals surface area contributed by atoms with Gasteiger partial charge in [-0.2, -0.15) is 13.2 Å². The predicted molar refractivity (Wildman–Crippen MR) is 84.7 cm³/mol. The largest absolute Gasteiger partial charge is 0.454 e. The molecule has 0 unspecified atom stereocenters. The SMILES string of the molecule is Cc1c(N)cccc1N/C(=C\C(=O)C(F)(F)F)c1ccccc1. The van der Waals surface area contributed by atoms with Crippen molar-refractivity contribution in [3.63, 3.8) is 0 Å². The molecule has 0 fully saturated rings. The summed E-state index contributed by atoms with van der Waals surface area (Å²) in [6.45, 7) is 1.74. The lowest BCUT2D eigenvalue weighted by molar-refractivity contribution is -0.165. The van der Waals surface area contributed by atoms with Crippen LogP contribution in [0.3, 0.4) is 0 Å². The second-order valence-corrected chi connectivity index (χ2v) is 4.93. The lowest BCUT2D eigenvalue weighted by Gasteiger charge is -2.15. The molecule has 0 heterocycles. The Labute approximate surface area is 131 Å². The molecule has 3 nitrogen and oxygen atoms in total. The molecule has 0 saturated heterocycles. The van der Waals surface area contributed by atoms with Crippen molar-refractivity contribution in [2.24, 2.45) is 0 Å². The molecule has 0 aliphatic rings. The standard InChI is InChI=1S/C17H15F3N2O/c1-11-13(21)8-5-9-14(11)22-15(10-16(23)17(18,19)20)12-6-3-2-4-7-12/h2-10,22H,21H2,1H3/b15-10-. The van der Waals surface area contributed by atoms with Gasteiger partial charge in [-0.15, -0.1) is 0 Å². The summed E-state index contributed by atoms with van der Waals surface area (Å²) < 4.78 is 37.7. The first-order valence-corrected chi connectivity index (χ1v) is 6.79. The third-order valence-electron chi connectivity index (χ3n) is 3.28. The Morgan fingerprint density at radius 3 is 2.35 bits per heavy atom. The van der Waals surface area contributed by atoms with Crippen LogP contribution in [-0.2, 0) is 4.79 Å². The molecule has 3 N–H and O–H groups in total. The summed E-state index contributed by atoms with van der Waals surface area (Å²) in [7, 11) is 0. The molecule has 0 spiro atoms. The van der Waals surface area contributed by atoms with Gasteiger partial charge in [-0.3, -0.25) is 4.79 Å². The molecule has 6 heteroatoms. The van der Waals surface area contributed by atoms with E-state index in [1.807, 2.05) is 0 Å². The van der Waals surface area contributed by atoms with E-state index in [2.05, 4.69) is 5.32 Å². The zero-order chi connectivity index (χ0) is 17.0. The summed E-state index contributed by atoms with van der Waals surface area (Å²) in [6, 6.07) is 13.4. The second kappa shape index (κ2) is 6.56. The van der Waals surface area contributed by atoms with E-state index in [0.717, 1.165) is 0 Å². The molecule has 23 heavy (non-hydrogen) atoms. The number of nitrogens with one attached hydrogen (secondary N) is 1. The molecule has 0 saturated carbocycles. The quantitative estimate of drug-likeness (QED) is 0.657. The van der Waals surface area contributed by atoms with Gasteiger partial charge in [0.05, 0.1) is 0 Å². The number of alkyl halides is 3. The molecule has 2 aromatic carbocycles. The van der Waals surface area contributed by atoms with Gasteiger partial charge in [0.15, 0.2) is 0 Å². The van der Waals surface area contributed by atoms with Gasteiger partial charge in [0.25, 0.3) is 5.78 Å². The molecule has 0 atom stereocenters. The number of ketones is 1. The van der Waals surface area contributed by atoms with Crippen LogP contribution in [0.25, 0.3) is 5.70 Å². The van der Waals surface area contributed by atoms with Crippen molar-refractivity contribution in [2.45, 2.75) is 13.1 Å². The molecular formula is C17H15F3N2O. The van der Waals surface area contributed by atoms with Crippen molar-refractivity contribution in [3.05, 3.63) is 65.7 Å². The maximum Gasteiger partial charge on any atom is 0.454 e. The van der Waals surface area contributed by atoms with Crippen LogP contribution in [0.5, 0.6) is 0 Å². The van der Waals surface area contributed by atoms with E-state index in [1.165, 1.54) is 0 Å². The minimum Gasteiger partial charge on any atom is -0.398 e. The van der Waals surface area contributed by atoms with Crippen LogP contribution >= 0.6 is 0 Å². The number of nitrogens with two attached hydrogens (primary N) is 1. The molecule has 0 aromatic heterocycles. The highest BCUT2D eigenvalue weighted by molar-refractivity contribution is 6.02. The minimum atomic E-state index is -4.92. The number of rotatable bonds is 4. The number of hydrogen-bond donors (Lipinski definition) is 2. The van der Waals surface area contributed by atoms with Gasteiger partial charge in [-0.25, -0.2) is 0 Å². The van der Waals surface area contributed by atoms with E-state index >= 15 is 0 Å². The Bertz CT molecular complexity index is 737. The van der Waals surface area contributed by atoms with Gasteiger partial charge < -0.3 is 11.1 Å². The summed E-state index contributed by atoms with van der Waals surface area (Å²) in [5, 5.41) is 2.87. The number of halogens is 3. The number of carbonyl (C=O) groups is 1. The van der Waals surface area contributed by atoms with Gasteiger partial charge >= 0.3 is 6.18 Å². The molecule has 0 bridgehead atoms. The number of anilines is 2. The Hall–Kier alpha value is -2.76. The molecule has 0 amide bonds. The van der Waals surface area contributed by atoms with Crippen LogP contribution in [0, 0.1) is 6.92 Å². The van der Waals surface area contributed by atoms with Crippen LogP contribution < -0.4 is 11.1 Å². The lowest BCUT2D eigenvalue weighted by Crippen LogP contribution is -2.21. The van der Waals surface area contributed by atoms with Crippen molar-refractivity contribution in [2.75, 3.05) is 11.1 Å². The van der Waals surface area contributed by atoms with Gasteiger partial charge in [-0.1, -0.05) is 36.4 Å². The summed E-state index contributed by atoms with van der Waals surface area (Å²) in [4.78, 5) is 11.3. The first-order chi connectivity index (χ1) is 10.8.